The summed E-state index contributed by atoms with van der Waals surface area (Å²) in [7, 11) is 3.45. The lowest BCUT2D eigenvalue weighted by Crippen LogP contribution is -2.49. The highest BCUT2D eigenvalue weighted by atomic mass is 16.2. The van der Waals surface area contributed by atoms with Gasteiger partial charge in [-0.25, -0.2) is 4.79 Å². The van der Waals surface area contributed by atoms with Crippen molar-refractivity contribution in [3.05, 3.63) is 59.4 Å². The highest BCUT2D eigenvalue weighted by molar-refractivity contribution is 5.84. The van der Waals surface area contributed by atoms with E-state index in [4.69, 9.17) is 0 Å². The topological polar surface area (TPSA) is 48.8 Å². The first-order valence-electron chi connectivity index (χ1n) is 11.6. The lowest BCUT2D eigenvalue weighted by atomic mass is 10.1. The second kappa shape index (κ2) is 11.7. The molecule has 0 spiro atoms. The number of amides is 3. The van der Waals surface area contributed by atoms with Gasteiger partial charge in [-0.2, -0.15) is 0 Å². The highest BCUT2D eigenvalue weighted by Gasteiger charge is 2.26. The van der Waals surface area contributed by atoms with Crippen molar-refractivity contribution in [2.75, 3.05) is 27.2 Å². The zero-order chi connectivity index (χ0) is 23.8. The van der Waals surface area contributed by atoms with Crippen LogP contribution >= 0.6 is 0 Å². The Morgan fingerprint density at radius 2 is 1.72 bits per heavy atom. The molecule has 3 amide bonds. The van der Waals surface area contributed by atoms with Crippen LogP contribution in [-0.2, 0) is 17.9 Å². The predicted molar refractivity (Wildman–Crippen MR) is 131 cm³/mol. The Labute approximate surface area is 193 Å². The molecule has 2 rings (SSSR count). The number of aromatic nitrogens is 1. The maximum atomic E-state index is 13.4. The van der Waals surface area contributed by atoms with Gasteiger partial charge in [0.15, 0.2) is 0 Å². The summed E-state index contributed by atoms with van der Waals surface area (Å²) in [4.78, 5) is 31.2. The Bertz CT molecular complexity index is 887. The summed E-state index contributed by atoms with van der Waals surface area (Å²) in [5.41, 5.74) is 3.62. The molecule has 1 unspecified atom stereocenters. The van der Waals surface area contributed by atoms with Crippen molar-refractivity contribution < 1.29 is 9.59 Å². The van der Waals surface area contributed by atoms with Crippen molar-refractivity contribution in [3.63, 3.8) is 0 Å². The normalized spacial score (nSPS) is 12.0. The third-order valence-corrected chi connectivity index (χ3v) is 5.87. The molecule has 0 aliphatic carbocycles. The van der Waals surface area contributed by atoms with E-state index in [2.05, 4.69) is 75.7 Å². The molecule has 32 heavy (non-hydrogen) atoms. The van der Waals surface area contributed by atoms with Crippen LogP contribution in [0.1, 0.15) is 50.9 Å². The van der Waals surface area contributed by atoms with Gasteiger partial charge in [-0.05, 0) is 49.4 Å². The minimum Gasteiger partial charge on any atom is -0.345 e. The van der Waals surface area contributed by atoms with Crippen LogP contribution in [0.5, 0.6) is 0 Å². The molecule has 2 aromatic rings. The van der Waals surface area contributed by atoms with Crippen molar-refractivity contribution in [2.45, 2.75) is 60.2 Å². The maximum Gasteiger partial charge on any atom is 0.319 e. The molecule has 0 saturated carbocycles. The van der Waals surface area contributed by atoms with Crippen molar-refractivity contribution >= 4 is 11.9 Å². The van der Waals surface area contributed by atoms with Gasteiger partial charge < -0.3 is 19.3 Å². The number of benzene rings is 1. The molecule has 1 atom stereocenters. The summed E-state index contributed by atoms with van der Waals surface area (Å²) in [6, 6.07) is 12.5. The number of carbonyl (C=O) groups excluding carboxylic acids is 2. The average Bonchev–Trinajstić information content (AvgIpc) is 3.18. The van der Waals surface area contributed by atoms with Crippen LogP contribution in [0.4, 0.5) is 4.79 Å². The lowest BCUT2D eigenvalue weighted by molar-refractivity contribution is -0.134. The van der Waals surface area contributed by atoms with Gasteiger partial charge >= 0.3 is 6.03 Å². The van der Waals surface area contributed by atoms with Gasteiger partial charge in [0.1, 0.15) is 6.54 Å². The summed E-state index contributed by atoms with van der Waals surface area (Å²) in [5.74, 6) is 0.272. The summed E-state index contributed by atoms with van der Waals surface area (Å²) in [5, 5.41) is 0. The molecule has 1 heterocycles. The van der Waals surface area contributed by atoms with Crippen molar-refractivity contribution in [3.8, 4) is 0 Å². The maximum absolute atomic E-state index is 13.4. The quantitative estimate of drug-likeness (QED) is 0.542. The predicted octanol–water partition coefficient (Wildman–Crippen LogP) is 4.61. The molecule has 0 radical (unpaired) electrons. The van der Waals surface area contributed by atoms with Crippen LogP contribution in [-0.4, -0.2) is 64.4 Å². The standard InChI is InChI=1S/C26H40N4O2/c1-8-22(5)30(25(31)19-29(16-20(2)3)26(32)27(6)7)18-24-14-11-15-28(24)17-23-13-10-9-12-21(23)4/h9-15,20,22H,8,16-19H2,1-7H3. The number of aryl methyl sites for hydroxylation is 1. The van der Waals surface area contributed by atoms with Gasteiger partial charge in [-0.3, -0.25) is 4.79 Å². The van der Waals surface area contributed by atoms with E-state index in [0.717, 1.165) is 18.7 Å². The first-order chi connectivity index (χ1) is 15.1. The first kappa shape index (κ1) is 25.5. The van der Waals surface area contributed by atoms with Gasteiger partial charge in [0.2, 0.25) is 5.91 Å². The molecule has 6 heteroatoms. The SMILES string of the molecule is CCC(C)N(Cc1cccn1Cc1ccccc1C)C(=O)CN(CC(C)C)C(=O)N(C)C. The van der Waals surface area contributed by atoms with Crippen LogP contribution in [0.25, 0.3) is 0 Å². The van der Waals surface area contributed by atoms with Crippen molar-refractivity contribution in [1.29, 1.82) is 0 Å². The summed E-state index contributed by atoms with van der Waals surface area (Å²) in [6.45, 7) is 12.4. The van der Waals surface area contributed by atoms with E-state index in [1.54, 1.807) is 19.0 Å². The van der Waals surface area contributed by atoms with E-state index >= 15 is 0 Å². The number of rotatable bonds is 10. The van der Waals surface area contributed by atoms with Gasteiger partial charge in [0.05, 0.1) is 6.54 Å². The van der Waals surface area contributed by atoms with Crippen molar-refractivity contribution in [2.24, 2.45) is 5.92 Å². The van der Waals surface area contributed by atoms with E-state index in [9.17, 15) is 9.59 Å². The molecule has 0 saturated heterocycles. The molecular formula is C26H40N4O2. The fraction of sp³-hybridized carbons (Fsp3) is 0.538. The lowest BCUT2D eigenvalue weighted by Gasteiger charge is -2.33. The fourth-order valence-corrected chi connectivity index (χ4v) is 3.79. The number of hydrogen-bond donors (Lipinski definition) is 0. The summed E-state index contributed by atoms with van der Waals surface area (Å²) < 4.78 is 2.21. The Hall–Kier alpha value is -2.76. The molecular weight excluding hydrogens is 400 g/mol. The van der Waals surface area contributed by atoms with Gasteiger partial charge in [-0.1, -0.05) is 45.0 Å². The Morgan fingerprint density at radius 3 is 2.31 bits per heavy atom. The number of carbonyl (C=O) groups is 2. The Kier molecular flexibility index (Phi) is 9.36. The Morgan fingerprint density at radius 1 is 1.03 bits per heavy atom. The number of hydrogen-bond acceptors (Lipinski definition) is 2. The molecule has 0 fully saturated rings. The molecule has 0 N–H and O–H groups in total. The van der Waals surface area contributed by atoms with Crippen LogP contribution in [0.3, 0.4) is 0 Å². The highest BCUT2D eigenvalue weighted by Crippen LogP contribution is 2.16. The van der Waals surface area contributed by atoms with E-state index < -0.39 is 0 Å². The average molecular weight is 441 g/mol. The molecule has 6 nitrogen and oxygen atoms in total. The molecule has 1 aromatic heterocycles. The second-order valence-corrected chi connectivity index (χ2v) is 9.28. The summed E-state index contributed by atoms with van der Waals surface area (Å²) in [6.07, 6.45) is 2.93. The van der Waals surface area contributed by atoms with E-state index in [0.29, 0.717) is 13.1 Å². The Balaban J connectivity index is 2.22. The molecule has 176 valence electrons. The largest absolute Gasteiger partial charge is 0.345 e. The molecule has 0 aliphatic rings. The van der Waals surface area contributed by atoms with E-state index in [-0.39, 0.29) is 30.4 Å². The molecule has 0 bridgehead atoms. The zero-order valence-electron chi connectivity index (χ0n) is 20.8. The fourth-order valence-electron chi connectivity index (χ4n) is 3.79. The third kappa shape index (κ3) is 6.87. The second-order valence-electron chi connectivity index (χ2n) is 9.28. The van der Waals surface area contributed by atoms with Crippen LogP contribution < -0.4 is 0 Å². The third-order valence-electron chi connectivity index (χ3n) is 5.87. The van der Waals surface area contributed by atoms with Gasteiger partial charge in [0, 0.05) is 45.1 Å². The minimum atomic E-state index is -0.126. The van der Waals surface area contributed by atoms with Crippen molar-refractivity contribution in [1.82, 2.24) is 19.3 Å². The smallest absolute Gasteiger partial charge is 0.319 e. The van der Waals surface area contributed by atoms with Crippen LogP contribution in [0.15, 0.2) is 42.6 Å². The van der Waals surface area contributed by atoms with Crippen LogP contribution in [0, 0.1) is 12.8 Å². The van der Waals surface area contributed by atoms with Crippen LogP contribution in [0.2, 0.25) is 0 Å². The minimum absolute atomic E-state index is 0.0150. The first-order valence-corrected chi connectivity index (χ1v) is 11.6. The molecule has 1 aromatic carbocycles. The van der Waals surface area contributed by atoms with Gasteiger partial charge in [0.25, 0.3) is 0 Å². The number of urea groups is 1. The monoisotopic (exact) mass is 440 g/mol. The number of nitrogens with zero attached hydrogens (tertiary/aromatic N) is 4. The zero-order valence-corrected chi connectivity index (χ0v) is 20.8. The summed E-state index contributed by atoms with van der Waals surface area (Å²) >= 11 is 0. The molecule has 0 aliphatic heterocycles. The van der Waals surface area contributed by atoms with E-state index in [1.165, 1.54) is 16.0 Å². The van der Waals surface area contributed by atoms with E-state index in [1.807, 2.05) is 11.0 Å². The van der Waals surface area contributed by atoms with Gasteiger partial charge in [-0.15, -0.1) is 0 Å².